The fourth-order valence-electron chi connectivity index (χ4n) is 5.13. The highest BCUT2D eigenvalue weighted by Gasteiger charge is 2.24. The van der Waals surface area contributed by atoms with E-state index in [0.29, 0.717) is 34.4 Å². The van der Waals surface area contributed by atoms with E-state index in [2.05, 4.69) is 22.5 Å². The van der Waals surface area contributed by atoms with Crippen molar-refractivity contribution in [3.8, 4) is 11.1 Å². The quantitative estimate of drug-likeness (QED) is 0.129. The van der Waals surface area contributed by atoms with Crippen molar-refractivity contribution in [3.05, 3.63) is 94.2 Å². The van der Waals surface area contributed by atoms with Crippen molar-refractivity contribution < 1.29 is 19.5 Å². The number of benzene rings is 3. The average molecular weight is 540 g/mol. The number of fused-ring (bicyclic) bond motifs is 1. The van der Waals surface area contributed by atoms with E-state index in [1.807, 2.05) is 48.7 Å². The lowest BCUT2D eigenvalue weighted by Gasteiger charge is -2.21. The summed E-state index contributed by atoms with van der Waals surface area (Å²) < 4.78 is 0. The van der Waals surface area contributed by atoms with Crippen molar-refractivity contribution in [2.75, 3.05) is 13.1 Å². The molecule has 9 nitrogen and oxygen atoms in total. The molecule has 2 amide bonds. The van der Waals surface area contributed by atoms with Crippen molar-refractivity contribution >= 4 is 34.5 Å². The van der Waals surface area contributed by atoms with Gasteiger partial charge in [0, 0.05) is 40.7 Å². The molecule has 40 heavy (non-hydrogen) atoms. The Morgan fingerprint density at radius 3 is 2.40 bits per heavy atom. The number of nitrogens with one attached hydrogen (secondary N) is 4. The molecule has 206 valence electrons. The van der Waals surface area contributed by atoms with Gasteiger partial charge in [0.2, 0.25) is 5.91 Å². The standard InChI is InChI=1S/C31H33N5O4/c1-4-19(26-15-35-27-13-18(29(32)33)10-11-22(26)27)20-8-6-7-9-21(20)24-14-23(17(3)12-25(24)31(39)40)30(38)36-16-28(37)34-5-2/h6-15,19,35H,4-5,16H2,1-3H3,(H3,32,33)(H,34,37)(H,36,38)(H,39,40). The number of H-pyrrole nitrogens is 1. The van der Waals surface area contributed by atoms with Crippen molar-refractivity contribution in [1.82, 2.24) is 15.6 Å². The number of aromatic carboxylic acids is 1. The van der Waals surface area contributed by atoms with Crippen LogP contribution in [0.15, 0.2) is 60.8 Å². The van der Waals surface area contributed by atoms with Crippen LogP contribution < -0.4 is 16.4 Å². The number of hydrogen-bond donors (Lipinski definition) is 6. The normalized spacial score (nSPS) is 11.7. The zero-order valence-electron chi connectivity index (χ0n) is 22.7. The molecule has 0 aliphatic heterocycles. The first kappa shape index (κ1) is 28.1. The number of carboxylic acid groups (broad SMARTS) is 1. The molecule has 0 saturated heterocycles. The van der Waals surface area contributed by atoms with Crippen LogP contribution in [0.4, 0.5) is 0 Å². The second-order valence-corrected chi connectivity index (χ2v) is 9.62. The fourth-order valence-corrected chi connectivity index (χ4v) is 5.13. The summed E-state index contributed by atoms with van der Waals surface area (Å²) in [5.74, 6) is -1.96. The van der Waals surface area contributed by atoms with Crippen LogP contribution in [0.3, 0.4) is 0 Å². The van der Waals surface area contributed by atoms with Crippen LogP contribution in [-0.4, -0.2) is 46.8 Å². The van der Waals surface area contributed by atoms with Crippen molar-refractivity contribution in [1.29, 1.82) is 5.41 Å². The Bertz CT molecular complexity index is 1620. The predicted octanol–water partition coefficient (Wildman–Crippen LogP) is 4.53. The topological polar surface area (TPSA) is 161 Å². The molecule has 0 fully saturated rings. The molecule has 0 aliphatic rings. The predicted molar refractivity (Wildman–Crippen MR) is 156 cm³/mol. The summed E-state index contributed by atoms with van der Waals surface area (Å²) in [6.07, 6.45) is 2.67. The van der Waals surface area contributed by atoms with Crippen LogP contribution in [0.5, 0.6) is 0 Å². The molecule has 0 bridgehead atoms. The average Bonchev–Trinajstić information content (AvgIpc) is 3.35. The van der Waals surface area contributed by atoms with E-state index in [4.69, 9.17) is 11.1 Å². The molecular formula is C31H33N5O4. The third-order valence-electron chi connectivity index (χ3n) is 7.06. The Labute approximate surface area is 232 Å². The lowest BCUT2D eigenvalue weighted by Crippen LogP contribution is -2.37. The Balaban J connectivity index is 1.82. The number of carbonyl (C=O) groups is 3. The molecule has 0 saturated carbocycles. The zero-order chi connectivity index (χ0) is 29.0. The Hall–Kier alpha value is -4.92. The van der Waals surface area contributed by atoms with Gasteiger partial charge >= 0.3 is 5.97 Å². The third kappa shape index (κ3) is 5.58. The number of rotatable bonds is 10. The van der Waals surface area contributed by atoms with Gasteiger partial charge < -0.3 is 26.5 Å². The van der Waals surface area contributed by atoms with Crippen LogP contribution in [-0.2, 0) is 4.79 Å². The van der Waals surface area contributed by atoms with Crippen LogP contribution >= 0.6 is 0 Å². The molecule has 1 aromatic heterocycles. The Morgan fingerprint density at radius 2 is 1.73 bits per heavy atom. The number of aryl methyl sites for hydroxylation is 1. The van der Waals surface area contributed by atoms with E-state index in [1.54, 1.807) is 19.9 Å². The third-order valence-corrected chi connectivity index (χ3v) is 7.06. The molecule has 0 aliphatic carbocycles. The van der Waals surface area contributed by atoms with Gasteiger partial charge in [0.05, 0.1) is 12.1 Å². The molecule has 1 unspecified atom stereocenters. The summed E-state index contributed by atoms with van der Waals surface area (Å²) in [6, 6.07) is 16.3. The highest BCUT2D eigenvalue weighted by Crippen LogP contribution is 2.40. The monoisotopic (exact) mass is 539 g/mol. The number of nitrogen functional groups attached to an aromatic ring is 1. The molecule has 0 spiro atoms. The van der Waals surface area contributed by atoms with Gasteiger partial charge in [-0.05, 0) is 66.3 Å². The molecule has 9 heteroatoms. The second-order valence-electron chi connectivity index (χ2n) is 9.62. The van der Waals surface area contributed by atoms with Crippen LogP contribution in [0.25, 0.3) is 22.0 Å². The first-order chi connectivity index (χ1) is 19.2. The summed E-state index contributed by atoms with van der Waals surface area (Å²) in [7, 11) is 0. The van der Waals surface area contributed by atoms with E-state index in [-0.39, 0.29) is 29.8 Å². The molecular weight excluding hydrogens is 506 g/mol. The SMILES string of the molecule is CCNC(=O)CNC(=O)c1cc(-c2ccccc2C(CC)c2c[nH]c3cc(C(=N)N)ccc23)c(C(=O)O)cc1C. The van der Waals surface area contributed by atoms with Gasteiger partial charge in [-0.3, -0.25) is 15.0 Å². The van der Waals surface area contributed by atoms with E-state index in [1.165, 1.54) is 6.07 Å². The molecule has 3 aromatic carbocycles. The van der Waals surface area contributed by atoms with Crippen LogP contribution in [0.1, 0.15) is 69.2 Å². The lowest BCUT2D eigenvalue weighted by molar-refractivity contribution is -0.120. The number of nitrogens with two attached hydrogens (primary N) is 1. The second kappa shape index (κ2) is 11.9. The first-order valence-electron chi connectivity index (χ1n) is 13.1. The largest absolute Gasteiger partial charge is 0.478 e. The van der Waals surface area contributed by atoms with Crippen LogP contribution in [0, 0.1) is 12.3 Å². The van der Waals surface area contributed by atoms with Gasteiger partial charge in [0.1, 0.15) is 5.84 Å². The smallest absolute Gasteiger partial charge is 0.336 e. The fraction of sp³-hybridized carbons (Fsp3) is 0.226. The summed E-state index contributed by atoms with van der Waals surface area (Å²) in [5.41, 5.74) is 11.1. The van der Waals surface area contributed by atoms with Gasteiger partial charge in [-0.1, -0.05) is 43.3 Å². The lowest BCUT2D eigenvalue weighted by atomic mass is 9.82. The van der Waals surface area contributed by atoms with Crippen molar-refractivity contribution in [2.45, 2.75) is 33.1 Å². The van der Waals surface area contributed by atoms with Crippen molar-refractivity contribution in [3.63, 3.8) is 0 Å². The Morgan fingerprint density at radius 1 is 0.975 bits per heavy atom. The number of hydrogen-bond acceptors (Lipinski definition) is 4. The molecule has 0 radical (unpaired) electrons. The minimum atomic E-state index is -1.10. The van der Waals surface area contributed by atoms with E-state index in [0.717, 1.165) is 28.5 Å². The van der Waals surface area contributed by atoms with Gasteiger partial charge in [-0.25, -0.2) is 4.79 Å². The molecule has 7 N–H and O–H groups in total. The van der Waals surface area contributed by atoms with Crippen LogP contribution in [0.2, 0.25) is 0 Å². The summed E-state index contributed by atoms with van der Waals surface area (Å²) in [4.78, 5) is 40.6. The summed E-state index contributed by atoms with van der Waals surface area (Å²) in [6.45, 7) is 5.82. The van der Waals surface area contributed by atoms with Gasteiger partial charge in [-0.15, -0.1) is 0 Å². The van der Waals surface area contributed by atoms with E-state index >= 15 is 0 Å². The zero-order valence-corrected chi connectivity index (χ0v) is 22.7. The van der Waals surface area contributed by atoms with E-state index < -0.39 is 11.9 Å². The number of amides is 2. The highest BCUT2D eigenvalue weighted by atomic mass is 16.4. The molecule has 1 atom stereocenters. The number of carboxylic acids is 1. The van der Waals surface area contributed by atoms with Gasteiger partial charge in [0.25, 0.3) is 5.91 Å². The number of carbonyl (C=O) groups excluding carboxylic acids is 2. The van der Waals surface area contributed by atoms with Crippen molar-refractivity contribution in [2.24, 2.45) is 5.73 Å². The number of aromatic nitrogens is 1. The highest BCUT2D eigenvalue weighted by molar-refractivity contribution is 6.03. The minimum absolute atomic E-state index is 0.0122. The maximum atomic E-state index is 13.1. The molecule has 4 aromatic rings. The maximum Gasteiger partial charge on any atom is 0.336 e. The van der Waals surface area contributed by atoms with Gasteiger partial charge in [-0.2, -0.15) is 0 Å². The maximum absolute atomic E-state index is 13.1. The molecule has 1 heterocycles. The minimum Gasteiger partial charge on any atom is -0.478 e. The van der Waals surface area contributed by atoms with Gasteiger partial charge in [0.15, 0.2) is 0 Å². The summed E-state index contributed by atoms with van der Waals surface area (Å²) >= 11 is 0. The molecule has 4 rings (SSSR count). The Kier molecular flexibility index (Phi) is 8.33. The van der Waals surface area contributed by atoms with E-state index in [9.17, 15) is 19.5 Å². The summed E-state index contributed by atoms with van der Waals surface area (Å²) in [5, 5.41) is 24.1. The number of aromatic amines is 1. The number of likely N-dealkylation sites (N-methyl/N-ethyl adjacent to an activating group) is 1. The number of amidine groups is 1. The first-order valence-corrected chi connectivity index (χ1v) is 13.1.